The number of nitrogens with zero attached hydrogens (tertiary/aromatic N) is 3. The fraction of sp³-hybridized carbons (Fsp3) is 0.724. The first-order chi connectivity index (χ1) is 17.5. The van der Waals surface area contributed by atoms with Crippen LogP contribution in [0.1, 0.15) is 101 Å². The Kier molecular flexibility index (Phi) is 7.75. The van der Waals surface area contributed by atoms with Gasteiger partial charge in [-0.2, -0.15) is 0 Å². The van der Waals surface area contributed by atoms with Crippen LogP contribution in [0.4, 0.5) is 0 Å². The quantitative estimate of drug-likeness (QED) is 0.562. The summed E-state index contributed by atoms with van der Waals surface area (Å²) in [6.07, 6.45) is 15.7. The van der Waals surface area contributed by atoms with Crippen LogP contribution < -0.4 is 5.32 Å². The van der Waals surface area contributed by atoms with Crippen LogP contribution in [0.25, 0.3) is 11.1 Å². The molecule has 1 saturated heterocycles. The maximum Gasteiger partial charge on any atom is 0.271 e. The maximum atomic E-state index is 14.0. The lowest BCUT2D eigenvalue weighted by atomic mass is 9.92. The minimum Gasteiger partial charge on any atom is -0.463 e. The van der Waals surface area contributed by atoms with E-state index in [4.69, 9.17) is 4.42 Å². The van der Waals surface area contributed by atoms with Crippen molar-refractivity contribution in [3.8, 4) is 0 Å². The zero-order valence-electron chi connectivity index (χ0n) is 22.3. The van der Waals surface area contributed by atoms with E-state index in [0.29, 0.717) is 30.4 Å². The smallest absolute Gasteiger partial charge is 0.271 e. The molecule has 2 aliphatic heterocycles. The molecule has 36 heavy (non-hydrogen) atoms. The molecule has 3 aliphatic rings. The van der Waals surface area contributed by atoms with Gasteiger partial charge in [-0.3, -0.25) is 9.59 Å². The Morgan fingerprint density at radius 2 is 1.83 bits per heavy atom. The zero-order chi connectivity index (χ0) is 25.1. The number of rotatable bonds is 7. The number of hydrogen-bond donors (Lipinski definition) is 1. The van der Waals surface area contributed by atoms with Crippen LogP contribution in [-0.4, -0.2) is 63.4 Å². The molecule has 0 radical (unpaired) electrons. The lowest BCUT2D eigenvalue weighted by molar-refractivity contribution is -0.133. The van der Waals surface area contributed by atoms with Crippen LogP contribution in [0, 0.1) is 0 Å². The third-order valence-corrected chi connectivity index (χ3v) is 9.03. The molecule has 2 amide bonds. The van der Waals surface area contributed by atoms with E-state index in [-0.39, 0.29) is 17.9 Å². The predicted octanol–water partition coefficient (Wildman–Crippen LogP) is 5.33. The van der Waals surface area contributed by atoms with Crippen molar-refractivity contribution in [3.05, 3.63) is 24.1 Å². The van der Waals surface area contributed by atoms with Crippen molar-refractivity contribution in [3.63, 3.8) is 0 Å². The molecule has 2 fully saturated rings. The Labute approximate surface area is 215 Å². The van der Waals surface area contributed by atoms with E-state index < -0.39 is 5.54 Å². The summed E-state index contributed by atoms with van der Waals surface area (Å²) in [4.78, 5) is 32.3. The number of amides is 2. The number of fused-ring (bicyclic) bond motifs is 3. The summed E-state index contributed by atoms with van der Waals surface area (Å²) in [5.74, 6) is -0.0736. The number of hydrogen-bond acceptors (Lipinski definition) is 4. The van der Waals surface area contributed by atoms with Crippen LogP contribution in [0.3, 0.4) is 0 Å². The van der Waals surface area contributed by atoms with E-state index in [1.807, 2.05) is 28.5 Å². The molecule has 1 saturated carbocycles. The van der Waals surface area contributed by atoms with E-state index >= 15 is 0 Å². The van der Waals surface area contributed by atoms with Crippen LogP contribution in [0.5, 0.6) is 0 Å². The molecule has 2 aromatic rings. The molecular weight excluding hydrogens is 452 g/mol. The lowest BCUT2D eigenvalue weighted by Crippen LogP contribution is -2.65. The minimum absolute atomic E-state index is 0.0122. The first-order valence-corrected chi connectivity index (χ1v) is 14.4. The molecular formula is C29H44N4O3. The Bertz CT molecular complexity index is 1050. The van der Waals surface area contributed by atoms with Gasteiger partial charge in [0.2, 0.25) is 5.91 Å². The van der Waals surface area contributed by atoms with E-state index in [1.54, 1.807) is 6.26 Å². The third-order valence-electron chi connectivity index (χ3n) is 9.03. The Morgan fingerprint density at radius 1 is 1.08 bits per heavy atom. The number of furan rings is 1. The summed E-state index contributed by atoms with van der Waals surface area (Å²) >= 11 is 0. The summed E-state index contributed by atoms with van der Waals surface area (Å²) in [6, 6.07) is 4.59. The zero-order valence-corrected chi connectivity index (χ0v) is 22.3. The highest BCUT2D eigenvalue weighted by atomic mass is 16.3. The van der Waals surface area contributed by atoms with Gasteiger partial charge in [0.1, 0.15) is 11.2 Å². The molecule has 7 heteroatoms. The third kappa shape index (κ3) is 4.96. The summed E-state index contributed by atoms with van der Waals surface area (Å²) in [5, 5.41) is 3.39. The van der Waals surface area contributed by atoms with E-state index in [0.717, 1.165) is 50.7 Å². The van der Waals surface area contributed by atoms with Crippen molar-refractivity contribution in [2.75, 3.05) is 19.6 Å². The number of likely N-dealkylation sites (tertiary alicyclic amines) is 1. The van der Waals surface area contributed by atoms with Gasteiger partial charge < -0.3 is 24.1 Å². The fourth-order valence-electron chi connectivity index (χ4n) is 6.81. The largest absolute Gasteiger partial charge is 0.463 e. The minimum atomic E-state index is -0.929. The Balaban J connectivity index is 1.36. The molecule has 0 aromatic carbocycles. The van der Waals surface area contributed by atoms with Gasteiger partial charge in [0.05, 0.1) is 18.3 Å². The van der Waals surface area contributed by atoms with Crippen molar-refractivity contribution < 1.29 is 14.0 Å². The molecule has 1 N–H and O–H groups in total. The second kappa shape index (κ2) is 11.0. The first kappa shape index (κ1) is 25.4. The summed E-state index contributed by atoms with van der Waals surface area (Å²) < 4.78 is 7.61. The SMILES string of the molecule is CC[C@@H]1CCCCN1CCCN1C(=O)c2cc3occc3n2C[C@]1(C)C(=O)NC1CCCCCCC1. The molecule has 2 atom stereocenters. The first-order valence-electron chi connectivity index (χ1n) is 14.4. The predicted molar refractivity (Wildman–Crippen MR) is 142 cm³/mol. The molecule has 4 heterocycles. The maximum absolute atomic E-state index is 14.0. The molecule has 0 spiro atoms. The average molecular weight is 497 g/mol. The van der Waals surface area contributed by atoms with Gasteiger partial charge in [0, 0.05) is 37.3 Å². The highest BCUT2D eigenvalue weighted by Gasteiger charge is 2.48. The van der Waals surface area contributed by atoms with E-state index in [2.05, 4.69) is 17.1 Å². The van der Waals surface area contributed by atoms with Crippen LogP contribution in [0.15, 0.2) is 22.8 Å². The molecule has 0 bridgehead atoms. The average Bonchev–Trinajstić information content (AvgIpc) is 3.45. The number of carbonyl (C=O) groups excluding carboxylic acids is 2. The van der Waals surface area contributed by atoms with Gasteiger partial charge in [-0.25, -0.2) is 0 Å². The standard InChI is InChI=1S/C29H44N4O3/c1-3-23-14-9-10-16-31(23)17-11-18-33-27(34)25-20-26-24(15-19-36-26)32(25)21-29(33,2)28(35)30-22-12-7-5-4-6-8-13-22/h15,19-20,22-23H,3-14,16-18,21H2,1-2H3,(H,30,35)/t23-,29-/m1/s1. The van der Waals surface area contributed by atoms with Gasteiger partial charge in [0.25, 0.3) is 5.91 Å². The van der Waals surface area contributed by atoms with E-state index in [9.17, 15) is 9.59 Å². The fourth-order valence-corrected chi connectivity index (χ4v) is 6.81. The van der Waals surface area contributed by atoms with Gasteiger partial charge in [-0.05, 0) is 52.0 Å². The van der Waals surface area contributed by atoms with Crippen molar-refractivity contribution in [2.24, 2.45) is 0 Å². The second-order valence-electron chi connectivity index (χ2n) is 11.5. The van der Waals surface area contributed by atoms with Crippen molar-refractivity contribution >= 4 is 22.9 Å². The Morgan fingerprint density at radius 3 is 2.61 bits per heavy atom. The van der Waals surface area contributed by atoms with Crippen LogP contribution >= 0.6 is 0 Å². The number of nitrogens with one attached hydrogen (secondary N) is 1. The summed E-state index contributed by atoms with van der Waals surface area (Å²) in [5.41, 5.74) is 1.30. The van der Waals surface area contributed by atoms with Gasteiger partial charge in [-0.1, -0.05) is 45.4 Å². The highest BCUT2D eigenvalue weighted by Crippen LogP contribution is 2.33. The monoisotopic (exact) mass is 496 g/mol. The van der Waals surface area contributed by atoms with Crippen molar-refractivity contribution in [2.45, 2.75) is 115 Å². The molecule has 7 nitrogen and oxygen atoms in total. The molecule has 1 aliphatic carbocycles. The van der Waals surface area contributed by atoms with E-state index in [1.165, 1.54) is 44.9 Å². The van der Waals surface area contributed by atoms with Gasteiger partial charge >= 0.3 is 0 Å². The van der Waals surface area contributed by atoms with Gasteiger partial charge in [0.15, 0.2) is 5.58 Å². The van der Waals surface area contributed by atoms with Crippen molar-refractivity contribution in [1.29, 1.82) is 0 Å². The highest BCUT2D eigenvalue weighted by molar-refractivity contribution is 6.02. The molecule has 198 valence electrons. The van der Waals surface area contributed by atoms with Gasteiger partial charge in [-0.15, -0.1) is 0 Å². The van der Waals surface area contributed by atoms with Crippen molar-refractivity contribution in [1.82, 2.24) is 19.7 Å². The second-order valence-corrected chi connectivity index (χ2v) is 11.5. The number of carbonyl (C=O) groups is 2. The number of piperidine rings is 1. The lowest BCUT2D eigenvalue weighted by Gasteiger charge is -2.45. The summed E-state index contributed by atoms with van der Waals surface area (Å²) in [6.45, 7) is 7.41. The van der Waals surface area contributed by atoms with Crippen LogP contribution in [0.2, 0.25) is 0 Å². The molecule has 5 rings (SSSR count). The van der Waals surface area contributed by atoms with Crippen LogP contribution in [-0.2, 0) is 11.3 Å². The topological polar surface area (TPSA) is 70.7 Å². The molecule has 0 unspecified atom stereocenters. The summed E-state index contributed by atoms with van der Waals surface area (Å²) in [7, 11) is 0. The normalized spacial score (nSPS) is 26.6. The Hall–Kier alpha value is -2.28. The molecule has 2 aromatic heterocycles. The number of aromatic nitrogens is 1.